The Labute approximate surface area is 119 Å². The fraction of sp³-hybridized carbons (Fsp3) is 0.600. The van der Waals surface area contributed by atoms with E-state index in [0.717, 1.165) is 38.2 Å². The maximum atomic E-state index is 11.4. The summed E-state index contributed by atoms with van der Waals surface area (Å²) >= 11 is 0. The quantitative estimate of drug-likeness (QED) is 0.879. The van der Waals surface area contributed by atoms with Crippen molar-refractivity contribution in [1.29, 1.82) is 0 Å². The number of rotatable bonds is 3. The number of aromatic nitrogens is 1. The van der Waals surface area contributed by atoms with Gasteiger partial charge in [0.05, 0.1) is 23.8 Å². The third-order valence-electron chi connectivity index (χ3n) is 4.29. The predicted octanol–water partition coefficient (Wildman–Crippen LogP) is 1.62. The Kier molecular flexibility index (Phi) is 3.76. The minimum absolute atomic E-state index is 0.218. The number of carbonyl (C=O) groups excluding carboxylic acids is 1. The maximum absolute atomic E-state index is 11.4. The zero-order chi connectivity index (χ0) is 13.9. The number of anilines is 2. The van der Waals surface area contributed by atoms with Crippen LogP contribution >= 0.6 is 0 Å². The van der Waals surface area contributed by atoms with Crippen LogP contribution in [-0.4, -0.2) is 36.6 Å². The van der Waals surface area contributed by atoms with Crippen LogP contribution in [0.2, 0.25) is 0 Å². The highest BCUT2D eigenvalue weighted by Gasteiger charge is 2.33. The van der Waals surface area contributed by atoms with Crippen molar-refractivity contribution in [2.24, 2.45) is 5.92 Å². The molecule has 2 aliphatic rings. The molecule has 5 nitrogen and oxygen atoms in total. The molecule has 2 saturated heterocycles. The van der Waals surface area contributed by atoms with Gasteiger partial charge >= 0.3 is 0 Å². The lowest BCUT2D eigenvalue weighted by Crippen LogP contribution is -2.54. The SMILES string of the molecule is CCNc1cncc(N2CCC3NC(=O)CCC3C2)c1. The number of hydrogen-bond donors (Lipinski definition) is 2. The highest BCUT2D eigenvalue weighted by atomic mass is 16.1. The first-order valence-electron chi connectivity index (χ1n) is 7.49. The van der Waals surface area contributed by atoms with Crippen molar-refractivity contribution in [2.75, 3.05) is 29.9 Å². The molecule has 0 aliphatic carbocycles. The van der Waals surface area contributed by atoms with Crippen molar-refractivity contribution in [3.63, 3.8) is 0 Å². The lowest BCUT2D eigenvalue weighted by atomic mass is 9.85. The number of piperidine rings is 2. The summed E-state index contributed by atoms with van der Waals surface area (Å²) in [6.07, 6.45) is 6.50. The first-order valence-corrected chi connectivity index (χ1v) is 7.49. The Morgan fingerprint density at radius 1 is 1.45 bits per heavy atom. The lowest BCUT2D eigenvalue weighted by Gasteiger charge is -2.42. The van der Waals surface area contributed by atoms with Gasteiger partial charge in [0.25, 0.3) is 0 Å². The van der Waals surface area contributed by atoms with Gasteiger partial charge in [-0.25, -0.2) is 0 Å². The van der Waals surface area contributed by atoms with Gasteiger partial charge in [0, 0.05) is 32.1 Å². The Morgan fingerprint density at radius 2 is 2.35 bits per heavy atom. The number of pyridine rings is 1. The van der Waals surface area contributed by atoms with Crippen LogP contribution < -0.4 is 15.5 Å². The minimum atomic E-state index is 0.218. The van der Waals surface area contributed by atoms with E-state index in [1.807, 2.05) is 12.4 Å². The van der Waals surface area contributed by atoms with Crippen molar-refractivity contribution in [3.05, 3.63) is 18.5 Å². The molecule has 2 unspecified atom stereocenters. The van der Waals surface area contributed by atoms with Crippen molar-refractivity contribution in [1.82, 2.24) is 10.3 Å². The first kappa shape index (κ1) is 13.2. The van der Waals surface area contributed by atoms with E-state index < -0.39 is 0 Å². The van der Waals surface area contributed by atoms with E-state index in [-0.39, 0.29) is 5.91 Å². The molecular formula is C15H22N4O. The van der Waals surface area contributed by atoms with Crippen molar-refractivity contribution in [2.45, 2.75) is 32.2 Å². The van der Waals surface area contributed by atoms with Crippen molar-refractivity contribution >= 4 is 17.3 Å². The Balaban J connectivity index is 1.69. The Bertz CT molecular complexity index is 491. The van der Waals surface area contributed by atoms with Gasteiger partial charge in [0.2, 0.25) is 5.91 Å². The molecule has 20 heavy (non-hydrogen) atoms. The van der Waals surface area contributed by atoms with E-state index in [2.05, 4.69) is 33.5 Å². The third kappa shape index (κ3) is 2.71. The van der Waals surface area contributed by atoms with E-state index in [9.17, 15) is 4.79 Å². The summed E-state index contributed by atoms with van der Waals surface area (Å²) in [4.78, 5) is 18.2. The molecule has 3 rings (SSSR count). The van der Waals surface area contributed by atoms with E-state index in [4.69, 9.17) is 0 Å². The minimum Gasteiger partial charge on any atom is -0.384 e. The van der Waals surface area contributed by atoms with E-state index in [1.54, 1.807) is 0 Å². The number of carbonyl (C=O) groups is 1. The topological polar surface area (TPSA) is 57.3 Å². The van der Waals surface area contributed by atoms with Crippen molar-refractivity contribution in [3.8, 4) is 0 Å². The zero-order valence-electron chi connectivity index (χ0n) is 11.9. The summed E-state index contributed by atoms with van der Waals surface area (Å²) in [5.41, 5.74) is 2.25. The third-order valence-corrected chi connectivity index (χ3v) is 4.29. The average Bonchev–Trinajstić information content (AvgIpc) is 2.47. The van der Waals surface area contributed by atoms with Gasteiger partial charge in [0.15, 0.2) is 0 Å². The summed E-state index contributed by atoms with van der Waals surface area (Å²) in [5.74, 6) is 0.791. The van der Waals surface area contributed by atoms with E-state index in [1.165, 1.54) is 5.69 Å². The second kappa shape index (κ2) is 5.69. The van der Waals surface area contributed by atoms with Gasteiger partial charge in [-0.15, -0.1) is 0 Å². The molecule has 2 fully saturated rings. The Hall–Kier alpha value is -1.78. The number of amides is 1. The predicted molar refractivity (Wildman–Crippen MR) is 79.9 cm³/mol. The summed E-state index contributed by atoms with van der Waals surface area (Å²) in [6.45, 7) is 4.99. The number of fused-ring (bicyclic) bond motifs is 1. The molecule has 2 N–H and O–H groups in total. The molecule has 0 aromatic carbocycles. The fourth-order valence-corrected chi connectivity index (χ4v) is 3.25. The highest BCUT2D eigenvalue weighted by molar-refractivity contribution is 5.77. The van der Waals surface area contributed by atoms with Gasteiger partial charge < -0.3 is 15.5 Å². The molecule has 1 aromatic heterocycles. The second-order valence-corrected chi connectivity index (χ2v) is 5.67. The van der Waals surface area contributed by atoms with Crippen LogP contribution in [0.3, 0.4) is 0 Å². The number of hydrogen-bond acceptors (Lipinski definition) is 4. The fourth-order valence-electron chi connectivity index (χ4n) is 3.25. The Morgan fingerprint density at radius 3 is 3.20 bits per heavy atom. The number of nitrogens with zero attached hydrogens (tertiary/aromatic N) is 2. The van der Waals surface area contributed by atoms with Gasteiger partial charge in [-0.3, -0.25) is 9.78 Å². The van der Waals surface area contributed by atoms with Gasteiger partial charge in [-0.1, -0.05) is 0 Å². The summed E-state index contributed by atoms with van der Waals surface area (Å²) in [5, 5.41) is 6.43. The molecule has 1 aromatic rings. The van der Waals surface area contributed by atoms with Gasteiger partial charge in [-0.05, 0) is 31.7 Å². The van der Waals surface area contributed by atoms with Crippen molar-refractivity contribution < 1.29 is 4.79 Å². The number of nitrogens with one attached hydrogen (secondary N) is 2. The molecule has 3 heterocycles. The molecule has 0 bridgehead atoms. The van der Waals surface area contributed by atoms with Crippen LogP contribution in [0.25, 0.3) is 0 Å². The summed E-state index contributed by atoms with van der Waals surface area (Å²) in [7, 11) is 0. The molecule has 0 saturated carbocycles. The second-order valence-electron chi connectivity index (χ2n) is 5.67. The normalized spacial score (nSPS) is 25.9. The summed E-state index contributed by atoms with van der Waals surface area (Å²) < 4.78 is 0. The highest BCUT2D eigenvalue weighted by Crippen LogP contribution is 2.29. The van der Waals surface area contributed by atoms with Crippen LogP contribution in [0.1, 0.15) is 26.2 Å². The zero-order valence-corrected chi connectivity index (χ0v) is 11.9. The van der Waals surface area contributed by atoms with Crippen LogP contribution in [0.5, 0.6) is 0 Å². The van der Waals surface area contributed by atoms with Crippen LogP contribution in [0.4, 0.5) is 11.4 Å². The van der Waals surface area contributed by atoms with Gasteiger partial charge in [-0.2, -0.15) is 0 Å². The van der Waals surface area contributed by atoms with Gasteiger partial charge in [0.1, 0.15) is 0 Å². The largest absolute Gasteiger partial charge is 0.384 e. The van der Waals surface area contributed by atoms with E-state index >= 15 is 0 Å². The van der Waals surface area contributed by atoms with Crippen LogP contribution in [-0.2, 0) is 4.79 Å². The monoisotopic (exact) mass is 274 g/mol. The smallest absolute Gasteiger partial charge is 0.220 e. The molecule has 108 valence electrons. The molecular weight excluding hydrogens is 252 g/mol. The molecule has 0 radical (unpaired) electrons. The molecule has 0 spiro atoms. The molecule has 2 atom stereocenters. The van der Waals surface area contributed by atoms with Crippen LogP contribution in [0.15, 0.2) is 18.5 Å². The summed E-state index contributed by atoms with van der Waals surface area (Å²) in [6, 6.07) is 2.54. The average molecular weight is 274 g/mol. The van der Waals surface area contributed by atoms with E-state index in [0.29, 0.717) is 18.4 Å². The lowest BCUT2D eigenvalue weighted by molar-refractivity contribution is -0.124. The molecule has 1 amide bonds. The maximum Gasteiger partial charge on any atom is 0.220 e. The van der Waals surface area contributed by atoms with Crippen LogP contribution in [0, 0.1) is 5.92 Å². The standard InChI is InChI=1S/C15H22N4O/c1-2-17-12-7-13(9-16-8-12)19-6-5-14-11(10-19)3-4-15(20)18-14/h7-9,11,14,17H,2-6,10H2,1H3,(H,18,20). The molecule has 5 heteroatoms. The molecule has 2 aliphatic heterocycles. The first-order chi connectivity index (χ1) is 9.76.